The third-order valence-electron chi connectivity index (χ3n) is 2.60. The topological polar surface area (TPSA) is 35.5 Å². The van der Waals surface area contributed by atoms with Gasteiger partial charge in [-0.3, -0.25) is 4.57 Å². The van der Waals surface area contributed by atoms with Gasteiger partial charge in [-0.1, -0.05) is 34.6 Å². The van der Waals surface area contributed by atoms with E-state index in [4.69, 9.17) is 9.05 Å². The summed E-state index contributed by atoms with van der Waals surface area (Å²) in [5.74, 6) is 1.25. The molecule has 1 atom stereocenters. The van der Waals surface area contributed by atoms with Gasteiger partial charge in [0, 0.05) is 0 Å². The summed E-state index contributed by atoms with van der Waals surface area (Å²) in [4.78, 5) is 0. The Bertz CT molecular complexity index is 246. The average Bonchev–Trinajstić information content (AvgIpc) is 2.13. The van der Waals surface area contributed by atoms with E-state index in [0.29, 0.717) is 13.2 Å². The van der Waals surface area contributed by atoms with Crippen LogP contribution in [0.5, 0.6) is 0 Å². The lowest BCUT2D eigenvalue weighted by Crippen LogP contribution is -2.29. The van der Waals surface area contributed by atoms with E-state index in [1.165, 1.54) is 5.92 Å². The summed E-state index contributed by atoms with van der Waals surface area (Å²) in [6, 6.07) is 0. The number of hydrogen-bond acceptors (Lipinski definition) is 3. The van der Waals surface area contributed by atoms with Gasteiger partial charge in [0.2, 0.25) is 0 Å². The third kappa shape index (κ3) is 5.54. The lowest BCUT2D eigenvalue weighted by molar-refractivity contribution is 0.190. The lowest BCUT2D eigenvalue weighted by Gasteiger charge is -2.36. The van der Waals surface area contributed by atoms with Crippen molar-refractivity contribution in [3.8, 4) is 0 Å². The van der Waals surface area contributed by atoms with Gasteiger partial charge in [0.1, 0.15) is 0 Å². The predicted octanol–water partition coefficient (Wildman–Crippen LogP) is 4.67. The van der Waals surface area contributed by atoms with Crippen molar-refractivity contribution in [3.05, 3.63) is 5.92 Å². The fourth-order valence-corrected chi connectivity index (χ4v) is 4.55. The highest BCUT2D eigenvalue weighted by molar-refractivity contribution is 7.54. The van der Waals surface area contributed by atoms with E-state index >= 15 is 0 Å². The molecule has 0 saturated heterocycles. The number of hydrogen-bond donors (Lipinski definition) is 0. The van der Waals surface area contributed by atoms with Crippen LogP contribution in [0.3, 0.4) is 0 Å². The van der Waals surface area contributed by atoms with Crippen LogP contribution in [0.15, 0.2) is 0 Å². The van der Waals surface area contributed by atoms with Gasteiger partial charge < -0.3 is 9.05 Å². The first-order valence-electron chi connectivity index (χ1n) is 6.35. The zero-order valence-electron chi connectivity index (χ0n) is 12.4. The van der Waals surface area contributed by atoms with E-state index in [-0.39, 0.29) is 11.1 Å². The highest BCUT2D eigenvalue weighted by Gasteiger charge is 2.43. The molecule has 0 aliphatic heterocycles. The van der Waals surface area contributed by atoms with Crippen molar-refractivity contribution in [1.29, 1.82) is 0 Å². The van der Waals surface area contributed by atoms with Gasteiger partial charge in [-0.15, -0.1) is 0 Å². The van der Waals surface area contributed by atoms with Crippen LogP contribution in [0.4, 0.5) is 0 Å². The molecule has 0 aromatic rings. The minimum atomic E-state index is -3.03. The van der Waals surface area contributed by atoms with Gasteiger partial charge in [-0.25, -0.2) is 0 Å². The smallest absolute Gasteiger partial charge is 0.309 e. The minimum absolute atomic E-state index is 0.0834. The van der Waals surface area contributed by atoms with Crippen molar-refractivity contribution in [1.82, 2.24) is 0 Å². The fourth-order valence-electron chi connectivity index (χ4n) is 1.86. The van der Waals surface area contributed by atoms with Crippen LogP contribution >= 0.6 is 7.60 Å². The Labute approximate surface area is 107 Å². The highest BCUT2D eigenvalue weighted by atomic mass is 31.2. The molecule has 0 aromatic heterocycles. The predicted molar refractivity (Wildman–Crippen MR) is 73.3 cm³/mol. The maximum atomic E-state index is 12.8. The normalized spacial score (nSPS) is 15.3. The highest BCUT2D eigenvalue weighted by Crippen LogP contribution is 2.60. The van der Waals surface area contributed by atoms with Crippen LogP contribution in [0.2, 0.25) is 0 Å². The first kappa shape index (κ1) is 17.2. The molecule has 0 rings (SSSR count). The van der Waals surface area contributed by atoms with Crippen LogP contribution < -0.4 is 0 Å². The Hall–Kier alpha value is 0.150. The van der Waals surface area contributed by atoms with Crippen LogP contribution in [0.1, 0.15) is 54.9 Å². The molecule has 1 radical (unpaired) electrons. The molecule has 17 heavy (non-hydrogen) atoms. The van der Waals surface area contributed by atoms with Crippen LogP contribution in [0, 0.1) is 11.3 Å². The van der Waals surface area contributed by atoms with E-state index < -0.39 is 7.60 Å². The second kappa shape index (κ2) is 6.92. The Balaban J connectivity index is 5.14. The molecular formula is C13H28O3P. The van der Waals surface area contributed by atoms with Crippen molar-refractivity contribution in [3.63, 3.8) is 0 Å². The summed E-state index contributed by atoms with van der Waals surface area (Å²) in [5, 5.41) is 0. The maximum Gasteiger partial charge on any atom is 0.334 e. The summed E-state index contributed by atoms with van der Waals surface area (Å²) < 4.78 is 23.8. The summed E-state index contributed by atoms with van der Waals surface area (Å²) in [5.41, 5.74) is -0.183. The monoisotopic (exact) mass is 263 g/mol. The second-order valence-corrected chi connectivity index (χ2v) is 7.89. The van der Waals surface area contributed by atoms with Gasteiger partial charge >= 0.3 is 7.60 Å². The van der Waals surface area contributed by atoms with Crippen LogP contribution in [0.25, 0.3) is 0 Å². The molecule has 0 aliphatic rings. The van der Waals surface area contributed by atoms with E-state index in [1.54, 1.807) is 0 Å². The molecule has 0 amide bonds. The lowest BCUT2D eigenvalue weighted by atomic mass is 9.87. The second-order valence-electron chi connectivity index (χ2n) is 5.67. The van der Waals surface area contributed by atoms with Gasteiger partial charge in [0.15, 0.2) is 0 Å². The van der Waals surface area contributed by atoms with Crippen molar-refractivity contribution < 1.29 is 13.6 Å². The molecule has 0 saturated carbocycles. The first-order valence-corrected chi connectivity index (χ1v) is 7.96. The van der Waals surface area contributed by atoms with E-state index in [9.17, 15) is 4.57 Å². The Morgan fingerprint density at radius 3 is 1.76 bits per heavy atom. The van der Waals surface area contributed by atoms with E-state index in [2.05, 4.69) is 34.6 Å². The molecule has 0 fully saturated rings. The summed E-state index contributed by atoms with van der Waals surface area (Å²) in [6.07, 6.45) is 0.779. The molecule has 0 heterocycles. The van der Waals surface area contributed by atoms with Crippen molar-refractivity contribution in [2.24, 2.45) is 5.41 Å². The molecular weight excluding hydrogens is 235 g/mol. The molecule has 1 unspecified atom stereocenters. The van der Waals surface area contributed by atoms with Gasteiger partial charge in [-0.05, 0) is 31.6 Å². The maximum absolute atomic E-state index is 12.8. The summed E-state index contributed by atoms with van der Waals surface area (Å²) >= 11 is 0. The van der Waals surface area contributed by atoms with Crippen molar-refractivity contribution in [2.45, 2.75) is 60.5 Å². The summed E-state index contributed by atoms with van der Waals surface area (Å²) in [6.45, 7) is 14.9. The van der Waals surface area contributed by atoms with Crippen LogP contribution in [-0.2, 0) is 13.6 Å². The summed E-state index contributed by atoms with van der Waals surface area (Å²) in [7, 11) is -3.03. The SMILES string of the molecule is CCOP(=O)(OCC)C(C[C](C)C)C(C)(C)C. The molecule has 4 heteroatoms. The molecule has 0 bridgehead atoms. The first-order chi connectivity index (χ1) is 7.67. The van der Waals surface area contributed by atoms with Gasteiger partial charge in [-0.2, -0.15) is 0 Å². The minimum Gasteiger partial charge on any atom is -0.309 e. The Morgan fingerprint density at radius 2 is 1.53 bits per heavy atom. The van der Waals surface area contributed by atoms with E-state index in [1.807, 2.05) is 13.8 Å². The Kier molecular flexibility index (Phi) is 6.98. The van der Waals surface area contributed by atoms with Crippen LogP contribution in [-0.4, -0.2) is 18.9 Å². The third-order valence-corrected chi connectivity index (χ3v) is 5.56. The van der Waals surface area contributed by atoms with Gasteiger partial charge in [0.05, 0.1) is 18.9 Å². The Morgan fingerprint density at radius 1 is 1.12 bits per heavy atom. The standard InChI is InChI=1S/C13H28O3P/c1-8-15-17(14,16-9-2)12(10-11(3)4)13(5,6)7/h12H,8-10H2,1-7H3. The molecule has 0 spiro atoms. The van der Waals surface area contributed by atoms with Crippen molar-refractivity contribution in [2.75, 3.05) is 13.2 Å². The van der Waals surface area contributed by atoms with Crippen molar-refractivity contribution >= 4 is 7.60 Å². The average molecular weight is 263 g/mol. The fraction of sp³-hybridized carbons (Fsp3) is 0.923. The zero-order chi connectivity index (χ0) is 13.7. The quantitative estimate of drug-likeness (QED) is 0.626. The molecule has 103 valence electrons. The molecule has 0 N–H and O–H groups in total. The largest absolute Gasteiger partial charge is 0.334 e. The molecule has 0 aromatic carbocycles. The zero-order valence-corrected chi connectivity index (χ0v) is 13.3. The number of rotatable bonds is 7. The molecule has 3 nitrogen and oxygen atoms in total. The van der Waals surface area contributed by atoms with E-state index in [0.717, 1.165) is 6.42 Å². The molecule has 0 aliphatic carbocycles. The van der Waals surface area contributed by atoms with Gasteiger partial charge in [0.25, 0.3) is 0 Å².